The first-order valence-corrected chi connectivity index (χ1v) is 6.01. The standard InChI is InChI=1S/C12H15ClN4O2/c1-17-12(15-7-16-17)6-14-9-4-8(13)10(18-2)5-11(9)19-3/h4-5,7,14H,6H2,1-3H3. The van der Waals surface area contributed by atoms with Crippen LogP contribution in [0.3, 0.4) is 0 Å². The van der Waals surface area contributed by atoms with E-state index in [0.717, 1.165) is 11.5 Å². The van der Waals surface area contributed by atoms with Crippen LogP contribution in [0.1, 0.15) is 5.82 Å². The number of anilines is 1. The number of nitrogens with one attached hydrogen (secondary N) is 1. The molecule has 0 saturated heterocycles. The molecule has 1 aromatic carbocycles. The summed E-state index contributed by atoms with van der Waals surface area (Å²) in [5.41, 5.74) is 0.774. The van der Waals surface area contributed by atoms with E-state index in [1.165, 1.54) is 6.33 Å². The van der Waals surface area contributed by atoms with Crippen molar-refractivity contribution in [1.82, 2.24) is 14.8 Å². The van der Waals surface area contributed by atoms with Crippen LogP contribution < -0.4 is 14.8 Å². The molecular formula is C12H15ClN4O2. The molecule has 0 bridgehead atoms. The quantitative estimate of drug-likeness (QED) is 0.910. The third kappa shape index (κ3) is 2.90. The van der Waals surface area contributed by atoms with Crippen LogP contribution in [-0.2, 0) is 13.6 Å². The van der Waals surface area contributed by atoms with E-state index in [0.29, 0.717) is 23.1 Å². The number of methoxy groups -OCH3 is 2. The molecule has 0 aliphatic rings. The summed E-state index contributed by atoms with van der Waals surface area (Å²) in [5.74, 6) is 2.04. The van der Waals surface area contributed by atoms with Gasteiger partial charge in [0.05, 0.1) is 31.5 Å². The van der Waals surface area contributed by atoms with Gasteiger partial charge in [0.2, 0.25) is 0 Å². The van der Waals surface area contributed by atoms with Gasteiger partial charge < -0.3 is 14.8 Å². The van der Waals surface area contributed by atoms with E-state index in [1.54, 1.807) is 31.0 Å². The van der Waals surface area contributed by atoms with Crippen LogP contribution >= 0.6 is 11.6 Å². The van der Waals surface area contributed by atoms with Crippen molar-refractivity contribution in [1.29, 1.82) is 0 Å². The van der Waals surface area contributed by atoms with E-state index >= 15 is 0 Å². The molecule has 2 aromatic rings. The third-order valence-corrected chi connectivity index (χ3v) is 3.01. The summed E-state index contributed by atoms with van der Waals surface area (Å²) in [6.07, 6.45) is 1.51. The Balaban J connectivity index is 2.20. The highest BCUT2D eigenvalue weighted by Crippen LogP contribution is 2.35. The molecule has 1 aromatic heterocycles. The summed E-state index contributed by atoms with van der Waals surface area (Å²) in [5, 5.41) is 7.73. The summed E-state index contributed by atoms with van der Waals surface area (Å²) in [6, 6.07) is 3.50. The highest BCUT2D eigenvalue weighted by atomic mass is 35.5. The Kier molecular flexibility index (Phi) is 4.11. The second-order valence-corrected chi connectivity index (χ2v) is 4.25. The molecule has 2 rings (SSSR count). The number of hydrogen-bond acceptors (Lipinski definition) is 5. The first-order valence-electron chi connectivity index (χ1n) is 5.64. The average Bonchev–Trinajstić information content (AvgIpc) is 2.82. The lowest BCUT2D eigenvalue weighted by Gasteiger charge is -2.13. The predicted octanol–water partition coefficient (Wildman–Crippen LogP) is 2.10. The van der Waals surface area contributed by atoms with Gasteiger partial charge in [-0.3, -0.25) is 4.68 Å². The molecule has 0 radical (unpaired) electrons. The van der Waals surface area contributed by atoms with Crippen molar-refractivity contribution in [2.75, 3.05) is 19.5 Å². The largest absolute Gasteiger partial charge is 0.495 e. The molecule has 1 N–H and O–H groups in total. The topological polar surface area (TPSA) is 61.2 Å². The van der Waals surface area contributed by atoms with Crippen LogP contribution in [-0.4, -0.2) is 29.0 Å². The van der Waals surface area contributed by atoms with Crippen molar-refractivity contribution in [2.24, 2.45) is 7.05 Å². The summed E-state index contributed by atoms with van der Waals surface area (Å²) >= 11 is 6.10. The number of benzene rings is 1. The van der Waals surface area contributed by atoms with Crippen molar-refractivity contribution < 1.29 is 9.47 Å². The summed E-state index contributed by atoms with van der Waals surface area (Å²) in [7, 11) is 4.99. The lowest BCUT2D eigenvalue weighted by molar-refractivity contribution is 0.395. The van der Waals surface area contributed by atoms with Crippen LogP contribution in [0.5, 0.6) is 11.5 Å². The maximum Gasteiger partial charge on any atom is 0.145 e. The second kappa shape index (κ2) is 5.79. The van der Waals surface area contributed by atoms with Crippen LogP contribution in [0.4, 0.5) is 5.69 Å². The van der Waals surface area contributed by atoms with E-state index in [9.17, 15) is 0 Å². The van der Waals surface area contributed by atoms with Crippen molar-refractivity contribution in [3.05, 3.63) is 29.3 Å². The molecule has 0 unspecified atom stereocenters. The van der Waals surface area contributed by atoms with Gasteiger partial charge in [-0.2, -0.15) is 5.10 Å². The molecule has 102 valence electrons. The molecule has 0 amide bonds. The van der Waals surface area contributed by atoms with E-state index in [1.807, 2.05) is 7.05 Å². The Bertz CT molecular complexity index is 571. The molecule has 0 aliphatic heterocycles. The molecule has 0 spiro atoms. The molecule has 7 heteroatoms. The van der Waals surface area contributed by atoms with Gasteiger partial charge in [0.1, 0.15) is 23.7 Å². The second-order valence-electron chi connectivity index (χ2n) is 3.84. The lowest BCUT2D eigenvalue weighted by Crippen LogP contribution is -2.07. The zero-order valence-electron chi connectivity index (χ0n) is 11.0. The molecule has 0 saturated carbocycles. The van der Waals surface area contributed by atoms with Crippen molar-refractivity contribution in [3.8, 4) is 11.5 Å². The Hall–Kier alpha value is -1.95. The average molecular weight is 283 g/mol. The van der Waals surface area contributed by atoms with Gasteiger partial charge in [-0.15, -0.1) is 0 Å². The van der Waals surface area contributed by atoms with Gasteiger partial charge in [-0.1, -0.05) is 11.6 Å². The number of hydrogen-bond donors (Lipinski definition) is 1. The molecule has 6 nitrogen and oxygen atoms in total. The fourth-order valence-corrected chi connectivity index (χ4v) is 1.89. The molecule has 0 fully saturated rings. The van der Waals surface area contributed by atoms with E-state index in [-0.39, 0.29) is 0 Å². The van der Waals surface area contributed by atoms with Crippen LogP contribution in [0, 0.1) is 0 Å². The number of ether oxygens (including phenoxy) is 2. The minimum atomic E-state index is 0.517. The Morgan fingerprint density at radius 1 is 1.26 bits per heavy atom. The van der Waals surface area contributed by atoms with Gasteiger partial charge in [-0.05, 0) is 6.07 Å². The monoisotopic (exact) mass is 282 g/mol. The van der Waals surface area contributed by atoms with Crippen LogP contribution in [0.2, 0.25) is 5.02 Å². The number of aromatic nitrogens is 3. The summed E-state index contributed by atoms with van der Waals surface area (Å²) in [6.45, 7) is 0.523. The molecule has 0 aliphatic carbocycles. The minimum absolute atomic E-state index is 0.517. The molecular weight excluding hydrogens is 268 g/mol. The van der Waals surface area contributed by atoms with Crippen molar-refractivity contribution >= 4 is 17.3 Å². The van der Waals surface area contributed by atoms with Gasteiger partial charge in [0, 0.05) is 13.1 Å². The number of halogens is 1. The third-order valence-electron chi connectivity index (χ3n) is 2.72. The summed E-state index contributed by atoms with van der Waals surface area (Å²) in [4.78, 5) is 4.13. The van der Waals surface area contributed by atoms with Crippen molar-refractivity contribution in [3.63, 3.8) is 0 Å². The van der Waals surface area contributed by atoms with Gasteiger partial charge in [0.25, 0.3) is 0 Å². The van der Waals surface area contributed by atoms with E-state index in [2.05, 4.69) is 15.4 Å². The van der Waals surface area contributed by atoms with Crippen LogP contribution in [0.15, 0.2) is 18.5 Å². The maximum atomic E-state index is 6.10. The SMILES string of the molecule is COc1cc(OC)c(NCc2ncnn2C)cc1Cl. The highest BCUT2D eigenvalue weighted by molar-refractivity contribution is 6.32. The van der Waals surface area contributed by atoms with E-state index in [4.69, 9.17) is 21.1 Å². The minimum Gasteiger partial charge on any atom is -0.495 e. The van der Waals surface area contributed by atoms with Crippen molar-refractivity contribution in [2.45, 2.75) is 6.54 Å². The van der Waals surface area contributed by atoms with Gasteiger partial charge >= 0.3 is 0 Å². The van der Waals surface area contributed by atoms with Gasteiger partial charge in [0.15, 0.2) is 0 Å². The highest BCUT2D eigenvalue weighted by Gasteiger charge is 2.10. The molecule has 0 atom stereocenters. The summed E-state index contributed by atoms with van der Waals surface area (Å²) < 4.78 is 12.1. The maximum absolute atomic E-state index is 6.10. The fourth-order valence-electron chi connectivity index (χ4n) is 1.65. The number of rotatable bonds is 5. The zero-order valence-corrected chi connectivity index (χ0v) is 11.7. The molecule has 19 heavy (non-hydrogen) atoms. The predicted molar refractivity (Wildman–Crippen MR) is 72.9 cm³/mol. The molecule has 1 heterocycles. The normalized spacial score (nSPS) is 10.3. The lowest BCUT2D eigenvalue weighted by atomic mass is 10.2. The number of aryl methyl sites for hydroxylation is 1. The Morgan fingerprint density at radius 2 is 2.00 bits per heavy atom. The van der Waals surface area contributed by atoms with Gasteiger partial charge in [-0.25, -0.2) is 4.98 Å². The first-order chi connectivity index (χ1) is 9.15. The fraction of sp³-hybridized carbons (Fsp3) is 0.333. The zero-order chi connectivity index (χ0) is 13.8. The van der Waals surface area contributed by atoms with E-state index < -0.39 is 0 Å². The van der Waals surface area contributed by atoms with Crippen LogP contribution in [0.25, 0.3) is 0 Å². The first kappa shape index (κ1) is 13.5. The smallest absolute Gasteiger partial charge is 0.145 e. The Labute approximate surface area is 116 Å². The number of nitrogens with zero attached hydrogens (tertiary/aromatic N) is 3. The Morgan fingerprint density at radius 3 is 2.58 bits per heavy atom.